The van der Waals surface area contributed by atoms with Crippen molar-refractivity contribution < 1.29 is 4.39 Å². The molecule has 0 amide bonds. The summed E-state index contributed by atoms with van der Waals surface area (Å²) in [6.45, 7) is 0.627. The molecular formula is C9H9FN2O. The predicted octanol–water partition coefficient (Wildman–Crippen LogP) is 2.26. The first-order chi connectivity index (χ1) is 6.31. The van der Waals surface area contributed by atoms with Crippen LogP contribution in [0.5, 0.6) is 0 Å². The first kappa shape index (κ1) is 8.16. The second-order valence-corrected chi connectivity index (χ2v) is 3.08. The summed E-state index contributed by atoms with van der Waals surface area (Å²) < 4.78 is 12.8. The molecule has 0 aromatic heterocycles. The van der Waals surface area contributed by atoms with Crippen LogP contribution in [-0.4, -0.2) is 6.54 Å². The van der Waals surface area contributed by atoms with Crippen LogP contribution in [0.15, 0.2) is 23.5 Å². The van der Waals surface area contributed by atoms with E-state index in [-0.39, 0.29) is 5.82 Å². The van der Waals surface area contributed by atoms with E-state index in [9.17, 15) is 9.30 Å². The standard InChI is InChI=1S/C9H9FN2O/c10-8-3-4-9-7(6-8)2-1-5-12(9)11-13/h3-4,6H,1-2,5H2. The van der Waals surface area contributed by atoms with Crippen molar-refractivity contribution in [1.29, 1.82) is 0 Å². The fourth-order valence-corrected chi connectivity index (χ4v) is 1.63. The van der Waals surface area contributed by atoms with E-state index >= 15 is 0 Å². The highest BCUT2D eigenvalue weighted by molar-refractivity contribution is 5.54. The van der Waals surface area contributed by atoms with Crippen molar-refractivity contribution in [2.75, 3.05) is 11.6 Å². The van der Waals surface area contributed by atoms with Crippen LogP contribution in [0.1, 0.15) is 12.0 Å². The zero-order valence-electron chi connectivity index (χ0n) is 7.03. The van der Waals surface area contributed by atoms with Gasteiger partial charge in [0.05, 0.1) is 11.0 Å². The molecule has 0 aliphatic carbocycles. The highest BCUT2D eigenvalue weighted by Crippen LogP contribution is 2.27. The predicted molar refractivity (Wildman–Crippen MR) is 47.9 cm³/mol. The summed E-state index contributed by atoms with van der Waals surface area (Å²) in [7, 11) is 0. The van der Waals surface area contributed by atoms with Crippen LogP contribution in [0.2, 0.25) is 0 Å². The molecule has 0 radical (unpaired) electrons. The van der Waals surface area contributed by atoms with Crippen molar-refractivity contribution in [3.8, 4) is 0 Å². The maximum atomic E-state index is 12.8. The molecule has 13 heavy (non-hydrogen) atoms. The van der Waals surface area contributed by atoms with Gasteiger partial charge in [-0.2, -0.15) is 0 Å². The Labute approximate surface area is 75.1 Å². The van der Waals surface area contributed by atoms with E-state index in [1.807, 2.05) is 0 Å². The van der Waals surface area contributed by atoms with E-state index in [0.717, 1.165) is 24.1 Å². The number of benzene rings is 1. The highest BCUT2D eigenvalue weighted by Gasteiger charge is 2.17. The average molecular weight is 180 g/mol. The van der Waals surface area contributed by atoms with Gasteiger partial charge in [-0.05, 0) is 36.6 Å². The summed E-state index contributed by atoms with van der Waals surface area (Å²) in [6.07, 6.45) is 1.67. The van der Waals surface area contributed by atoms with E-state index in [2.05, 4.69) is 5.29 Å². The summed E-state index contributed by atoms with van der Waals surface area (Å²) in [5, 5.41) is 4.25. The molecule has 1 heterocycles. The lowest BCUT2D eigenvalue weighted by Crippen LogP contribution is -2.23. The van der Waals surface area contributed by atoms with Crippen molar-refractivity contribution in [3.63, 3.8) is 0 Å². The summed E-state index contributed by atoms with van der Waals surface area (Å²) in [5.41, 5.74) is 1.61. The molecule has 4 heteroatoms. The lowest BCUT2D eigenvalue weighted by molar-refractivity contribution is 0.619. The number of nitroso groups, excluding NO2 is 1. The van der Waals surface area contributed by atoms with Gasteiger partial charge in [0.1, 0.15) is 5.82 Å². The van der Waals surface area contributed by atoms with Crippen LogP contribution in [0.25, 0.3) is 0 Å². The number of rotatable bonds is 1. The fourth-order valence-electron chi connectivity index (χ4n) is 1.63. The molecule has 3 nitrogen and oxygen atoms in total. The first-order valence-electron chi connectivity index (χ1n) is 4.20. The lowest BCUT2D eigenvalue weighted by atomic mass is 10.0. The van der Waals surface area contributed by atoms with Crippen LogP contribution in [0, 0.1) is 10.7 Å². The van der Waals surface area contributed by atoms with Gasteiger partial charge in [0.15, 0.2) is 0 Å². The fraction of sp³-hybridized carbons (Fsp3) is 0.333. The third-order valence-electron chi connectivity index (χ3n) is 2.23. The van der Waals surface area contributed by atoms with Crippen LogP contribution >= 0.6 is 0 Å². The van der Waals surface area contributed by atoms with Gasteiger partial charge in [-0.15, -0.1) is 4.91 Å². The maximum absolute atomic E-state index is 12.8. The third-order valence-corrected chi connectivity index (χ3v) is 2.23. The summed E-state index contributed by atoms with van der Waals surface area (Å²) in [4.78, 5) is 10.4. The van der Waals surface area contributed by atoms with Gasteiger partial charge >= 0.3 is 0 Å². The molecule has 0 saturated heterocycles. The Morgan fingerprint density at radius 2 is 2.31 bits per heavy atom. The number of aryl methyl sites for hydroxylation is 1. The molecule has 68 valence electrons. The van der Waals surface area contributed by atoms with Gasteiger partial charge in [0.25, 0.3) is 0 Å². The lowest BCUT2D eigenvalue weighted by Gasteiger charge is -2.23. The number of halogens is 1. The number of fused-ring (bicyclic) bond motifs is 1. The molecule has 2 rings (SSSR count). The Kier molecular flexibility index (Phi) is 1.96. The third kappa shape index (κ3) is 1.39. The average Bonchev–Trinajstić information content (AvgIpc) is 2.16. The molecule has 1 aromatic rings. The molecule has 0 spiro atoms. The SMILES string of the molecule is O=NN1CCCc2cc(F)ccc21. The van der Waals surface area contributed by atoms with Gasteiger partial charge in [0.2, 0.25) is 0 Å². The summed E-state index contributed by atoms with van der Waals surface area (Å²) >= 11 is 0. The second-order valence-electron chi connectivity index (χ2n) is 3.08. The van der Waals surface area contributed by atoms with Crippen molar-refractivity contribution in [1.82, 2.24) is 0 Å². The van der Waals surface area contributed by atoms with Crippen molar-refractivity contribution in [2.45, 2.75) is 12.8 Å². The van der Waals surface area contributed by atoms with Gasteiger partial charge in [-0.3, -0.25) is 0 Å². The van der Waals surface area contributed by atoms with Gasteiger partial charge in [0, 0.05) is 6.54 Å². The van der Waals surface area contributed by atoms with E-state index in [4.69, 9.17) is 0 Å². The molecule has 1 aliphatic heterocycles. The Bertz CT molecular complexity index is 340. The Balaban J connectivity index is 2.45. The number of hydrogen-bond acceptors (Lipinski definition) is 2. The molecule has 0 bridgehead atoms. The Morgan fingerprint density at radius 3 is 3.08 bits per heavy atom. The normalized spacial score (nSPS) is 15.3. The van der Waals surface area contributed by atoms with E-state index < -0.39 is 0 Å². The minimum Gasteiger partial charge on any atom is -0.229 e. The van der Waals surface area contributed by atoms with E-state index in [1.165, 1.54) is 17.1 Å². The molecule has 1 aliphatic rings. The molecule has 0 unspecified atom stereocenters. The quantitative estimate of drug-likeness (QED) is 0.621. The summed E-state index contributed by atoms with van der Waals surface area (Å²) in [5.74, 6) is -0.258. The number of nitrogens with zero attached hydrogens (tertiary/aromatic N) is 2. The van der Waals surface area contributed by atoms with E-state index in [1.54, 1.807) is 6.07 Å². The van der Waals surface area contributed by atoms with Gasteiger partial charge in [-0.1, -0.05) is 0 Å². The van der Waals surface area contributed by atoms with Crippen LogP contribution in [0.4, 0.5) is 10.1 Å². The zero-order chi connectivity index (χ0) is 9.26. The smallest absolute Gasteiger partial charge is 0.123 e. The minimum absolute atomic E-state index is 0.258. The molecule has 1 aromatic carbocycles. The zero-order valence-corrected chi connectivity index (χ0v) is 7.03. The maximum Gasteiger partial charge on any atom is 0.123 e. The Morgan fingerprint density at radius 1 is 1.46 bits per heavy atom. The molecule has 0 saturated carbocycles. The monoisotopic (exact) mass is 180 g/mol. The molecular weight excluding hydrogens is 171 g/mol. The first-order valence-corrected chi connectivity index (χ1v) is 4.20. The topological polar surface area (TPSA) is 32.7 Å². The van der Waals surface area contributed by atoms with Crippen LogP contribution in [0.3, 0.4) is 0 Å². The molecule has 0 atom stereocenters. The van der Waals surface area contributed by atoms with Crippen LogP contribution < -0.4 is 5.01 Å². The van der Waals surface area contributed by atoms with Crippen LogP contribution in [-0.2, 0) is 6.42 Å². The molecule has 0 N–H and O–H groups in total. The highest BCUT2D eigenvalue weighted by atomic mass is 19.1. The number of anilines is 1. The van der Waals surface area contributed by atoms with E-state index in [0.29, 0.717) is 6.54 Å². The van der Waals surface area contributed by atoms with Gasteiger partial charge < -0.3 is 0 Å². The molecule has 0 fully saturated rings. The minimum atomic E-state index is -0.258. The largest absolute Gasteiger partial charge is 0.229 e. The van der Waals surface area contributed by atoms with Gasteiger partial charge in [-0.25, -0.2) is 9.40 Å². The Hall–Kier alpha value is -1.45. The second kappa shape index (κ2) is 3.12. The number of hydrogen-bond donors (Lipinski definition) is 0. The van der Waals surface area contributed by atoms with Crippen molar-refractivity contribution >= 4 is 5.69 Å². The van der Waals surface area contributed by atoms with Crippen molar-refractivity contribution in [2.24, 2.45) is 5.29 Å². The van der Waals surface area contributed by atoms with Crippen molar-refractivity contribution in [3.05, 3.63) is 34.5 Å². The summed E-state index contributed by atoms with van der Waals surface area (Å²) in [6, 6.07) is 4.42.